The summed E-state index contributed by atoms with van der Waals surface area (Å²) in [6.45, 7) is 0. The standard InChI is InChI=1S/C17H15NO/c1-19-17-9-5-3-7-14(17)12-15-11-10-13-6-2-4-8-16(13)18-15/h2-11H,12H2,1H3. The summed E-state index contributed by atoms with van der Waals surface area (Å²) >= 11 is 0. The minimum absolute atomic E-state index is 0.787. The largest absolute Gasteiger partial charge is 0.496 e. The van der Waals surface area contributed by atoms with Crippen LogP contribution in [-0.4, -0.2) is 12.1 Å². The second-order valence-corrected chi connectivity index (χ2v) is 4.48. The predicted octanol–water partition coefficient (Wildman–Crippen LogP) is 3.83. The van der Waals surface area contributed by atoms with Crippen molar-refractivity contribution >= 4 is 10.9 Å². The summed E-state index contributed by atoms with van der Waals surface area (Å²) < 4.78 is 5.38. The molecular formula is C17H15NO. The van der Waals surface area contributed by atoms with E-state index in [1.165, 1.54) is 5.39 Å². The van der Waals surface area contributed by atoms with Crippen LogP contribution in [0.2, 0.25) is 0 Å². The Bertz CT molecular complexity index is 706. The number of hydrogen-bond acceptors (Lipinski definition) is 2. The first-order valence-electron chi connectivity index (χ1n) is 6.33. The molecule has 19 heavy (non-hydrogen) atoms. The van der Waals surface area contributed by atoms with E-state index >= 15 is 0 Å². The van der Waals surface area contributed by atoms with Gasteiger partial charge in [0.25, 0.3) is 0 Å². The van der Waals surface area contributed by atoms with Crippen molar-refractivity contribution in [2.24, 2.45) is 0 Å². The van der Waals surface area contributed by atoms with Crippen molar-refractivity contribution in [3.05, 3.63) is 71.9 Å². The van der Waals surface area contributed by atoms with E-state index < -0.39 is 0 Å². The Kier molecular flexibility index (Phi) is 3.15. The van der Waals surface area contributed by atoms with E-state index in [1.54, 1.807) is 7.11 Å². The summed E-state index contributed by atoms with van der Waals surface area (Å²) in [4.78, 5) is 4.69. The van der Waals surface area contributed by atoms with Gasteiger partial charge in [0.2, 0.25) is 0 Å². The molecule has 94 valence electrons. The van der Waals surface area contributed by atoms with Crippen LogP contribution in [0.25, 0.3) is 10.9 Å². The third kappa shape index (κ3) is 2.43. The molecule has 3 rings (SSSR count). The van der Waals surface area contributed by atoms with Crippen molar-refractivity contribution in [2.75, 3.05) is 7.11 Å². The molecule has 2 nitrogen and oxygen atoms in total. The van der Waals surface area contributed by atoms with E-state index in [-0.39, 0.29) is 0 Å². The third-order valence-corrected chi connectivity index (χ3v) is 3.22. The SMILES string of the molecule is COc1ccccc1Cc1ccc2ccccc2n1. The highest BCUT2D eigenvalue weighted by Crippen LogP contribution is 2.21. The third-order valence-electron chi connectivity index (χ3n) is 3.22. The van der Waals surface area contributed by atoms with Crippen LogP contribution < -0.4 is 4.74 Å². The Balaban J connectivity index is 1.96. The Morgan fingerprint density at radius 1 is 0.895 bits per heavy atom. The number of pyridine rings is 1. The molecule has 0 saturated carbocycles. The van der Waals surface area contributed by atoms with E-state index in [2.05, 4.69) is 24.3 Å². The molecule has 3 aromatic rings. The minimum atomic E-state index is 0.787. The number of rotatable bonds is 3. The number of aromatic nitrogens is 1. The molecule has 0 aliphatic rings. The first-order valence-corrected chi connectivity index (χ1v) is 6.33. The van der Waals surface area contributed by atoms with Gasteiger partial charge in [0.15, 0.2) is 0 Å². The number of methoxy groups -OCH3 is 1. The zero-order valence-electron chi connectivity index (χ0n) is 10.8. The smallest absolute Gasteiger partial charge is 0.122 e. The van der Waals surface area contributed by atoms with Crippen molar-refractivity contribution in [1.82, 2.24) is 4.98 Å². The van der Waals surface area contributed by atoms with Crippen LogP contribution in [0, 0.1) is 0 Å². The lowest BCUT2D eigenvalue weighted by Crippen LogP contribution is -1.96. The fourth-order valence-corrected chi connectivity index (χ4v) is 2.25. The molecule has 0 fully saturated rings. The summed E-state index contributed by atoms with van der Waals surface area (Å²) in [5.41, 5.74) is 3.26. The monoisotopic (exact) mass is 249 g/mol. The number of benzene rings is 2. The predicted molar refractivity (Wildman–Crippen MR) is 77.5 cm³/mol. The van der Waals surface area contributed by atoms with Gasteiger partial charge < -0.3 is 4.74 Å². The van der Waals surface area contributed by atoms with Crippen LogP contribution >= 0.6 is 0 Å². The molecule has 0 amide bonds. The van der Waals surface area contributed by atoms with Crippen molar-refractivity contribution in [3.8, 4) is 5.75 Å². The topological polar surface area (TPSA) is 22.1 Å². The number of ether oxygens (including phenoxy) is 1. The molecule has 0 atom stereocenters. The molecular weight excluding hydrogens is 234 g/mol. The summed E-state index contributed by atoms with van der Waals surface area (Å²) in [7, 11) is 1.70. The molecule has 0 radical (unpaired) electrons. The first-order chi connectivity index (χ1) is 9.36. The number of para-hydroxylation sites is 2. The van der Waals surface area contributed by atoms with Crippen LogP contribution in [0.15, 0.2) is 60.7 Å². The normalized spacial score (nSPS) is 10.6. The molecule has 1 aromatic heterocycles. The molecule has 0 unspecified atom stereocenters. The summed E-state index contributed by atoms with van der Waals surface area (Å²) in [6, 6.07) is 20.4. The summed E-state index contributed by atoms with van der Waals surface area (Å²) in [5, 5.41) is 1.17. The van der Waals surface area contributed by atoms with Gasteiger partial charge in [-0.3, -0.25) is 4.98 Å². The van der Waals surface area contributed by atoms with Gasteiger partial charge in [-0.2, -0.15) is 0 Å². The molecule has 0 aliphatic carbocycles. The van der Waals surface area contributed by atoms with Gasteiger partial charge in [0.1, 0.15) is 5.75 Å². The van der Waals surface area contributed by atoms with E-state index in [9.17, 15) is 0 Å². The second kappa shape index (κ2) is 5.11. The lowest BCUT2D eigenvalue weighted by Gasteiger charge is -2.08. The van der Waals surface area contributed by atoms with Gasteiger partial charge in [0, 0.05) is 23.1 Å². The number of nitrogens with zero attached hydrogens (tertiary/aromatic N) is 1. The minimum Gasteiger partial charge on any atom is -0.496 e. The second-order valence-electron chi connectivity index (χ2n) is 4.48. The molecule has 2 heteroatoms. The quantitative estimate of drug-likeness (QED) is 0.703. The van der Waals surface area contributed by atoms with Gasteiger partial charge in [-0.05, 0) is 18.2 Å². The van der Waals surface area contributed by atoms with Gasteiger partial charge >= 0.3 is 0 Å². The lowest BCUT2D eigenvalue weighted by molar-refractivity contribution is 0.410. The van der Waals surface area contributed by atoms with E-state index in [0.29, 0.717) is 0 Å². The van der Waals surface area contributed by atoms with E-state index in [1.807, 2.05) is 36.4 Å². The Hall–Kier alpha value is -2.35. The maximum atomic E-state index is 5.38. The molecule has 2 aromatic carbocycles. The van der Waals surface area contributed by atoms with Gasteiger partial charge in [-0.25, -0.2) is 0 Å². The zero-order valence-corrected chi connectivity index (χ0v) is 10.8. The summed E-state index contributed by atoms with van der Waals surface area (Å²) in [5.74, 6) is 0.914. The van der Waals surface area contributed by atoms with E-state index in [0.717, 1.165) is 28.9 Å². The van der Waals surface area contributed by atoms with Crippen LogP contribution in [0.5, 0.6) is 5.75 Å². The van der Waals surface area contributed by atoms with E-state index in [4.69, 9.17) is 9.72 Å². The average Bonchev–Trinajstić information content (AvgIpc) is 2.48. The van der Waals surface area contributed by atoms with Gasteiger partial charge in [-0.1, -0.05) is 42.5 Å². The molecule has 0 bridgehead atoms. The fourth-order valence-electron chi connectivity index (χ4n) is 2.25. The van der Waals surface area contributed by atoms with Crippen molar-refractivity contribution in [2.45, 2.75) is 6.42 Å². The van der Waals surface area contributed by atoms with Crippen molar-refractivity contribution in [1.29, 1.82) is 0 Å². The maximum Gasteiger partial charge on any atom is 0.122 e. The Morgan fingerprint density at radius 3 is 2.58 bits per heavy atom. The van der Waals surface area contributed by atoms with Crippen LogP contribution in [0.1, 0.15) is 11.3 Å². The Labute approximate surface area is 112 Å². The average molecular weight is 249 g/mol. The highest BCUT2D eigenvalue weighted by Gasteiger charge is 2.04. The van der Waals surface area contributed by atoms with Crippen molar-refractivity contribution in [3.63, 3.8) is 0 Å². The maximum absolute atomic E-state index is 5.38. The summed E-state index contributed by atoms with van der Waals surface area (Å²) in [6.07, 6.45) is 0.787. The van der Waals surface area contributed by atoms with Crippen LogP contribution in [0.4, 0.5) is 0 Å². The number of fused-ring (bicyclic) bond motifs is 1. The van der Waals surface area contributed by atoms with Crippen LogP contribution in [-0.2, 0) is 6.42 Å². The highest BCUT2D eigenvalue weighted by molar-refractivity contribution is 5.78. The first kappa shape index (κ1) is 11.7. The number of hydrogen-bond donors (Lipinski definition) is 0. The lowest BCUT2D eigenvalue weighted by atomic mass is 10.1. The van der Waals surface area contributed by atoms with Crippen molar-refractivity contribution < 1.29 is 4.74 Å². The van der Waals surface area contributed by atoms with Crippen LogP contribution in [0.3, 0.4) is 0 Å². The molecule has 1 heterocycles. The Morgan fingerprint density at radius 2 is 1.68 bits per heavy atom. The zero-order chi connectivity index (χ0) is 13.1. The molecule has 0 saturated heterocycles. The van der Waals surface area contributed by atoms with Gasteiger partial charge in [0.05, 0.1) is 12.6 Å². The van der Waals surface area contributed by atoms with Gasteiger partial charge in [-0.15, -0.1) is 0 Å². The molecule has 0 aliphatic heterocycles. The fraction of sp³-hybridized carbons (Fsp3) is 0.118. The highest BCUT2D eigenvalue weighted by atomic mass is 16.5. The molecule has 0 N–H and O–H groups in total. The molecule has 0 spiro atoms.